The van der Waals surface area contributed by atoms with Crippen molar-refractivity contribution in [2.45, 2.75) is 20.0 Å². The Morgan fingerprint density at radius 3 is 2.55 bits per heavy atom. The van der Waals surface area contributed by atoms with Crippen molar-refractivity contribution in [3.8, 4) is 11.5 Å². The minimum atomic E-state index is -0.365. The van der Waals surface area contributed by atoms with E-state index in [0.717, 1.165) is 12.0 Å². The Bertz CT molecular complexity index is 661. The van der Waals surface area contributed by atoms with Crippen LogP contribution in [-0.4, -0.2) is 19.2 Å². The fourth-order valence-corrected chi connectivity index (χ4v) is 2.21. The molecule has 0 N–H and O–H groups in total. The van der Waals surface area contributed by atoms with Crippen LogP contribution in [0.3, 0.4) is 0 Å². The minimum Gasteiger partial charge on any atom is -0.490 e. The molecule has 0 atom stereocenters. The Balaban J connectivity index is 1.67. The largest absolute Gasteiger partial charge is 0.490 e. The molecule has 114 valence electrons. The molecular formula is C18H18O4. The highest BCUT2D eigenvalue weighted by Crippen LogP contribution is 2.30. The zero-order valence-corrected chi connectivity index (χ0v) is 12.5. The van der Waals surface area contributed by atoms with E-state index in [0.29, 0.717) is 30.3 Å². The predicted molar refractivity (Wildman–Crippen MR) is 82.3 cm³/mol. The van der Waals surface area contributed by atoms with Crippen molar-refractivity contribution in [3.05, 3.63) is 59.2 Å². The van der Waals surface area contributed by atoms with Gasteiger partial charge in [0.1, 0.15) is 6.61 Å². The van der Waals surface area contributed by atoms with Crippen LogP contribution in [-0.2, 0) is 11.3 Å². The van der Waals surface area contributed by atoms with Crippen LogP contribution in [0.2, 0.25) is 0 Å². The molecule has 4 heteroatoms. The van der Waals surface area contributed by atoms with E-state index >= 15 is 0 Å². The molecule has 2 aromatic rings. The van der Waals surface area contributed by atoms with Gasteiger partial charge in [-0.1, -0.05) is 29.8 Å². The van der Waals surface area contributed by atoms with Gasteiger partial charge in [0.05, 0.1) is 18.8 Å². The van der Waals surface area contributed by atoms with Gasteiger partial charge in [-0.05, 0) is 30.7 Å². The number of rotatable bonds is 3. The number of carbonyl (C=O) groups is 1. The molecule has 1 aliphatic rings. The van der Waals surface area contributed by atoms with Gasteiger partial charge in [-0.15, -0.1) is 0 Å². The summed E-state index contributed by atoms with van der Waals surface area (Å²) in [5, 5.41) is 0. The van der Waals surface area contributed by atoms with Crippen molar-refractivity contribution in [1.82, 2.24) is 0 Å². The fourth-order valence-electron chi connectivity index (χ4n) is 2.21. The van der Waals surface area contributed by atoms with E-state index in [9.17, 15) is 4.79 Å². The first-order chi connectivity index (χ1) is 10.7. The Kier molecular flexibility index (Phi) is 4.28. The van der Waals surface area contributed by atoms with Gasteiger partial charge in [0.15, 0.2) is 11.5 Å². The quantitative estimate of drug-likeness (QED) is 0.813. The second-order valence-corrected chi connectivity index (χ2v) is 5.27. The van der Waals surface area contributed by atoms with Crippen LogP contribution < -0.4 is 9.47 Å². The van der Waals surface area contributed by atoms with Gasteiger partial charge in [-0.3, -0.25) is 0 Å². The summed E-state index contributed by atoms with van der Waals surface area (Å²) in [6.07, 6.45) is 0.835. The molecule has 0 saturated carbocycles. The predicted octanol–water partition coefficient (Wildman–Crippen LogP) is 3.51. The molecule has 2 aromatic carbocycles. The lowest BCUT2D eigenvalue weighted by Gasteiger charge is -2.09. The summed E-state index contributed by atoms with van der Waals surface area (Å²) in [6.45, 7) is 3.50. The summed E-state index contributed by atoms with van der Waals surface area (Å²) in [6, 6.07) is 13.0. The third-order valence-electron chi connectivity index (χ3n) is 3.47. The van der Waals surface area contributed by atoms with Crippen molar-refractivity contribution < 1.29 is 19.0 Å². The summed E-state index contributed by atoms with van der Waals surface area (Å²) in [4.78, 5) is 12.1. The standard InChI is InChI=1S/C18H18O4/c1-13-3-5-14(6-4-13)12-22-18(19)15-7-8-16-17(11-15)21-10-2-9-20-16/h3-8,11H,2,9-10,12H2,1H3. The van der Waals surface area contributed by atoms with Gasteiger partial charge in [-0.25, -0.2) is 4.79 Å². The number of benzene rings is 2. The molecule has 1 heterocycles. The smallest absolute Gasteiger partial charge is 0.338 e. The maximum absolute atomic E-state index is 12.1. The van der Waals surface area contributed by atoms with Crippen LogP contribution in [0.1, 0.15) is 27.9 Å². The van der Waals surface area contributed by atoms with Crippen molar-refractivity contribution in [2.75, 3.05) is 13.2 Å². The summed E-state index contributed by atoms with van der Waals surface area (Å²) in [5.41, 5.74) is 2.61. The Hall–Kier alpha value is -2.49. The van der Waals surface area contributed by atoms with Gasteiger partial charge in [0, 0.05) is 6.42 Å². The van der Waals surface area contributed by atoms with Crippen molar-refractivity contribution in [1.29, 1.82) is 0 Å². The van der Waals surface area contributed by atoms with Gasteiger partial charge in [0.2, 0.25) is 0 Å². The van der Waals surface area contributed by atoms with E-state index < -0.39 is 0 Å². The van der Waals surface area contributed by atoms with Crippen LogP contribution in [0.5, 0.6) is 11.5 Å². The van der Waals surface area contributed by atoms with Crippen LogP contribution in [0.4, 0.5) is 0 Å². The second kappa shape index (κ2) is 6.52. The van der Waals surface area contributed by atoms with Crippen LogP contribution in [0.25, 0.3) is 0 Å². The van der Waals surface area contributed by atoms with E-state index in [1.807, 2.05) is 31.2 Å². The molecule has 0 aliphatic carbocycles. The molecule has 0 spiro atoms. The lowest BCUT2D eigenvalue weighted by atomic mass is 10.1. The average molecular weight is 298 g/mol. The fraction of sp³-hybridized carbons (Fsp3) is 0.278. The van der Waals surface area contributed by atoms with Gasteiger partial charge in [0.25, 0.3) is 0 Å². The molecule has 0 radical (unpaired) electrons. The number of hydrogen-bond donors (Lipinski definition) is 0. The van der Waals surface area contributed by atoms with Gasteiger partial charge >= 0.3 is 5.97 Å². The summed E-state index contributed by atoms with van der Waals surface area (Å²) in [7, 11) is 0. The molecule has 0 bridgehead atoms. The van der Waals surface area contributed by atoms with E-state index in [1.54, 1.807) is 18.2 Å². The molecule has 0 saturated heterocycles. The van der Waals surface area contributed by atoms with E-state index in [2.05, 4.69) is 0 Å². The zero-order valence-electron chi connectivity index (χ0n) is 12.5. The number of carbonyl (C=O) groups excluding carboxylic acids is 1. The molecule has 0 aromatic heterocycles. The summed E-state index contributed by atoms with van der Waals surface area (Å²) >= 11 is 0. The molecule has 0 amide bonds. The Morgan fingerprint density at radius 2 is 1.77 bits per heavy atom. The third kappa shape index (κ3) is 3.39. The van der Waals surface area contributed by atoms with Crippen LogP contribution in [0.15, 0.2) is 42.5 Å². The Morgan fingerprint density at radius 1 is 1.05 bits per heavy atom. The number of ether oxygens (including phenoxy) is 3. The number of hydrogen-bond acceptors (Lipinski definition) is 4. The van der Waals surface area contributed by atoms with Crippen molar-refractivity contribution in [2.24, 2.45) is 0 Å². The van der Waals surface area contributed by atoms with Gasteiger partial charge in [-0.2, -0.15) is 0 Å². The summed E-state index contributed by atoms with van der Waals surface area (Å²) < 4.78 is 16.5. The first-order valence-corrected chi connectivity index (χ1v) is 7.35. The van der Waals surface area contributed by atoms with E-state index in [-0.39, 0.29) is 12.6 Å². The topological polar surface area (TPSA) is 44.8 Å². The summed E-state index contributed by atoms with van der Waals surface area (Å²) in [5.74, 6) is 0.908. The molecule has 3 rings (SSSR count). The highest BCUT2D eigenvalue weighted by Gasteiger charge is 2.15. The highest BCUT2D eigenvalue weighted by atomic mass is 16.5. The lowest BCUT2D eigenvalue weighted by molar-refractivity contribution is 0.0472. The van der Waals surface area contributed by atoms with E-state index in [1.165, 1.54) is 5.56 Å². The first kappa shape index (κ1) is 14.4. The lowest BCUT2D eigenvalue weighted by Crippen LogP contribution is -2.06. The second-order valence-electron chi connectivity index (χ2n) is 5.27. The molecule has 0 fully saturated rings. The van der Waals surface area contributed by atoms with Gasteiger partial charge < -0.3 is 14.2 Å². The third-order valence-corrected chi connectivity index (χ3v) is 3.47. The first-order valence-electron chi connectivity index (χ1n) is 7.35. The molecular weight excluding hydrogens is 280 g/mol. The molecule has 4 nitrogen and oxygen atoms in total. The van der Waals surface area contributed by atoms with Crippen LogP contribution >= 0.6 is 0 Å². The van der Waals surface area contributed by atoms with Crippen LogP contribution in [0, 0.1) is 6.92 Å². The van der Waals surface area contributed by atoms with Crippen molar-refractivity contribution >= 4 is 5.97 Å². The Labute approximate surface area is 129 Å². The minimum absolute atomic E-state index is 0.257. The average Bonchev–Trinajstić information content (AvgIpc) is 2.78. The monoisotopic (exact) mass is 298 g/mol. The zero-order chi connectivity index (χ0) is 15.4. The number of esters is 1. The maximum atomic E-state index is 12.1. The molecule has 1 aliphatic heterocycles. The highest BCUT2D eigenvalue weighted by molar-refractivity contribution is 5.90. The van der Waals surface area contributed by atoms with E-state index in [4.69, 9.17) is 14.2 Å². The molecule has 0 unspecified atom stereocenters. The maximum Gasteiger partial charge on any atom is 0.338 e. The SMILES string of the molecule is Cc1ccc(COC(=O)c2ccc3c(c2)OCCCO3)cc1. The normalized spacial score (nSPS) is 13.3. The number of aryl methyl sites for hydroxylation is 1. The molecule has 22 heavy (non-hydrogen) atoms. The van der Waals surface area contributed by atoms with Crippen molar-refractivity contribution in [3.63, 3.8) is 0 Å². The number of fused-ring (bicyclic) bond motifs is 1.